The van der Waals surface area contributed by atoms with Gasteiger partial charge in [0.05, 0.1) is 13.2 Å². The first-order chi connectivity index (χ1) is 11.1. The molecule has 0 aliphatic rings. The number of carboxylic acids is 2. The van der Waals surface area contributed by atoms with Gasteiger partial charge in [-0.1, -0.05) is 0 Å². The van der Waals surface area contributed by atoms with Crippen LogP contribution < -0.4 is 9.47 Å². The Morgan fingerprint density at radius 3 is 1.65 bits per heavy atom. The standard InChI is InChI=1S/C14H14O7S2/c15-13(16)11-9(1-7-22-11)20-5-3-19-4-6-21-10-2-8-23-12(10)14(17)18/h1-2,7-8H,3-6H2,(H,15,16)(H,17,18). The summed E-state index contributed by atoms with van der Waals surface area (Å²) in [7, 11) is 0. The van der Waals surface area contributed by atoms with E-state index >= 15 is 0 Å². The highest BCUT2D eigenvalue weighted by Crippen LogP contribution is 2.25. The Hall–Kier alpha value is -2.10. The predicted octanol–water partition coefficient (Wildman–Crippen LogP) is 2.68. The molecule has 0 atom stereocenters. The summed E-state index contributed by atoms with van der Waals surface area (Å²) >= 11 is 2.20. The fraction of sp³-hybridized carbons (Fsp3) is 0.286. The average Bonchev–Trinajstić information content (AvgIpc) is 3.14. The molecule has 2 heterocycles. The van der Waals surface area contributed by atoms with Gasteiger partial charge in [0, 0.05) is 0 Å². The van der Waals surface area contributed by atoms with Gasteiger partial charge in [-0.15, -0.1) is 22.7 Å². The first-order valence-corrected chi connectivity index (χ1v) is 8.30. The Morgan fingerprint density at radius 1 is 0.826 bits per heavy atom. The quantitative estimate of drug-likeness (QED) is 0.630. The van der Waals surface area contributed by atoms with Crippen molar-refractivity contribution >= 4 is 34.6 Å². The molecule has 124 valence electrons. The van der Waals surface area contributed by atoms with E-state index in [4.69, 9.17) is 24.4 Å². The lowest BCUT2D eigenvalue weighted by molar-refractivity contribution is 0.0673. The lowest BCUT2D eigenvalue weighted by atomic mass is 10.4. The number of thiophene rings is 2. The van der Waals surface area contributed by atoms with Gasteiger partial charge in [-0.2, -0.15) is 0 Å². The minimum Gasteiger partial charge on any atom is -0.489 e. The molecular weight excluding hydrogens is 344 g/mol. The van der Waals surface area contributed by atoms with Crippen molar-refractivity contribution in [1.82, 2.24) is 0 Å². The van der Waals surface area contributed by atoms with Gasteiger partial charge in [0.25, 0.3) is 0 Å². The molecule has 0 fully saturated rings. The highest BCUT2D eigenvalue weighted by Gasteiger charge is 2.13. The van der Waals surface area contributed by atoms with Crippen LogP contribution in [0.5, 0.6) is 11.5 Å². The van der Waals surface area contributed by atoms with Crippen LogP contribution in [0.2, 0.25) is 0 Å². The number of aromatic carboxylic acids is 2. The molecule has 9 heteroatoms. The number of carboxylic acid groups (broad SMARTS) is 2. The van der Waals surface area contributed by atoms with Crippen molar-refractivity contribution in [3.05, 3.63) is 32.6 Å². The van der Waals surface area contributed by atoms with Crippen LogP contribution in [0.3, 0.4) is 0 Å². The minimum absolute atomic E-state index is 0.159. The van der Waals surface area contributed by atoms with Crippen LogP contribution in [0, 0.1) is 0 Å². The van der Waals surface area contributed by atoms with Gasteiger partial charge in [-0.3, -0.25) is 0 Å². The molecule has 0 radical (unpaired) electrons. The van der Waals surface area contributed by atoms with Crippen molar-refractivity contribution in [1.29, 1.82) is 0 Å². The molecule has 0 unspecified atom stereocenters. The number of carbonyl (C=O) groups is 2. The smallest absolute Gasteiger partial charge is 0.349 e. The summed E-state index contributed by atoms with van der Waals surface area (Å²) in [6.07, 6.45) is 0. The average molecular weight is 358 g/mol. The normalized spacial score (nSPS) is 10.4. The van der Waals surface area contributed by atoms with Gasteiger partial charge in [0.15, 0.2) is 9.75 Å². The van der Waals surface area contributed by atoms with Crippen molar-refractivity contribution in [2.75, 3.05) is 26.4 Å². The van der Waals surface area contributed by atoms with Crippen LogP contribution in [0.15, 0.2) is 22.9 Å². The number of rotatable bonds is 10. The van der Waals surface area contributed by atoms with Crippen LogP contribution in [-0.2, 0) is 4.74 Å². The van der Waals surface area contributed by atoms with Crippen LogP contribution >= 0.6 is 22.7 Å². The Morgan fingerprint density at radius 2 is 1.26 bits per heavy atom. The second kappa shape index (κ2) is 8.51. The molecule has 2 rings (SSSR count). The third-order valence-electron chi connectivity index (χ3n) is 2.62. The molecule has 7 nitrogen and oxygen atoms in total. The summed E-state index contributed by atoms with van der Waals surface area (Å²) in [5.41, 5.74) is 0. The fourth-order valence-corrected chi connectivity index (χ4v) is 3.00. The van der Waals surface area contributed by atoms with Gasteiger partial charge in [-0.25, -0.2) is 9.59 Å². The van der Waals surface area contributed by atoms with Crippen molar-refractivity contribution in [3.63, 3.8) is 0 Å². The summed E-state index contributed by atoms with van der Waals surface area (Å²) < 4.78 is 16.0. The summed E-state index contributed by atoms with van der Waals surface area (Å²) in [5, 5.41) is 21.1. The summed E-state index contributed by atoms with van der Waals surface area (Å²) in [5.74, 6) is -1.39. The molecule has 23 heavy (non-hydrogen) atoms. The van der Waals surface area contributed by atoms with E-state index in [-0.39, 0.29) is 36.2 Å². The van der Waals surface area contributed by atoms with E-state index in [1.54, 1.807) is 22.9 Å². The molecule has 2 aromatic rings. The minimum atomic E-state index is -1.02. The van der Waals surface area contributed by atoms with Crippen LogP contribution in [0.25, 0.3) is 0 Å². The van der Waals surface area contributed by atoms with Gasteiger partial charge in [-0.05, 0) is 22.9 Å². The van der Waals surface area contributed by atoms with Crippen molar-refractivity contribution < 1.29 is 34.0 Å². The second-order valence-corrected chi connectivity index (χ2v) is 5.98. The molecule has 0 aliphatic heterocycles. The number of hydrogen-bond acceptors (Lipinski definition) is 7. The molecule has 0 saturated carbocycles. The Labute approximate surface area is 139 Å². The molecule has 2 aromatic heterocycles. The topological polar surface area (TPSA) is 102 Å². The zero-order valence-corrected chi connectivity index (χ0v) is 13.5. The van der Waals surface area contributed by atoms with E-state index in [2.05, 4.69) is 0 Å². The van der Waals surface area contributed by atoms with E-state index < -0.39 is 11.9 Å². The van der Waals surface area contributed by atoms with Crippen LogP contribution in [0.4, 0.5) is 0 Å². The van der Waals surface area contributed by atoms with Crippen molar-refractivity contribution in [3.8, 4) is 11.5 Å². The van der Waals surface area contributed by atoms with E-state index in [9.17, 15) is 9.59 Å². The van der Waals surface area contributed by atoms with E-state index in [0.29, 0.717) is 11.5 Å². The van der Waals surface area contributed by atoms with Crippen LogP contribution in [0.1, 0.15) is 19.3 Å². The first-order valence-electron chi connectivity index (χ1n) is 6.54. The third kappa shape index (κ3) is 4.95. The second-order valence-electron chi connectivity index (χ2n) is 4.15. The molecule has 0 amide bonds. The monoisotopic (exact) mass is 358 g/mol. The largest absolute Gasteiger partial charge is 0.489 e. The zero-order valence-electron chi connectivity index (χ0n) is 11.9. The van der Waals surface area contributed by atoms with Gasteiger partial charge in [0.2, 0.25) is 0 Å². The van der Waals surface area contributed by atoms with Gasteiger partial charge in [0.1, 0.15) is 24.7 Å². The zero-order chi connectivity index (χ0) is 16.7. The Bertz CT molecular complexity index is 605. The molecule has 0 spiro atoms. The molecule has 0 bridgehead atoms. The lowest BCUT2D eigenvalue weighted by Crippen LogP contribution is -2.13. The molecule has 0 saturated heterocycles. The van der Waals surface area contributed by atoms with Crippen molar-refractivity contribution in [2.45, 2.75) is 0 Å². The van der Waals surface area contributed by atoms with Gasteiger partial charge < -0.3 is 24.4 Å². The molecule has 0 aliphatic carbocycles. The SMILES string of the molecule is O=C(O)c1sccc1OCCOCCOc1ccsc1C(=O)O. The van der Waals surface area contributed by atoms with Gasteiger partial charge >= 0.3 is 11.9 Å². The summed E-state index contributed by atoms with van der Waals surface area (Å²) in [6, 6.07) is 3.20. The predicted molar refractivity (Wildman–Crippen MR) is 84.4 cm³/mol. The molecule has 2 N–H and O–H groups in total. The maximum atomic E-state index is 10.9. The maximum Gasteiger partial charge on any atom is 0.349 e. The number of hydrogen-bond donors (Lipinski definition) is 2. The first kappa shape index (κ1) is 17.3. The highest BCUT2D eigenvalue weighted by atomic mass is 32.1. The van der Waals surface area contributed by atoms with Crippen LogP contribution in [-0.4, -0.2) is 48.6 Å². The van der Waals surface area contributed by atoms with Crippen molar-refractivity contribution in [2.24, 2.45) is 0 Å². The molecule has 0 aromatic carbocycles. The Balaban J connectivity index is 1.61. The number of ether oxygens (including phenoxy) is 3. The molecular formula is C14H14O7S2. The van der Waals surface area contributed by atoms with E-state index in [1.165, 1.54) is 0 Å². The maximum absolute atomic E-state index is 10.9. The summed E-state index contributed by atoms with van der Waals surface area (Å²) in [6.45, 7) is 0.979. The van der Waals surface area contributed by atoms with E-state index in [1.807, 2.05) is 0 Å². The fourth-order valence-electron chi connectivity index (χ4n) is 1.66. The highest BCUT2D eigenvalue weighted by molar-refractivity contribution is 7.12. The summed E-state index contributed by atoms with van der Waals surface area (Å²) in [4.78, 5) is 22.1. The van der Waals surface area contributed by atoms with E-state index in [0.717, 1.165) is 22.7 Å². The Kier molecular flexibility index (Phi) is 6.39. The lowest BCUT2D eigenvalue weighted by Gasteiger charge is -2.08. The third-order valence-corrected chi connectivity index (χ3v) is 4.38.